The van der Waals surface area contributed by atoms with Gasteiger partial charge in [0.05, 0.1) is 24.4 Å². The number of rotatable bonds is 6. The monoisotopic (exact) mass is 328 g/mol. The second-order valence-electron chi connectivity index (χ2n) is 8.16. The Morgan fingerprint density at radius 2 is 1.67 bits per heavy atom. The molecule has 4 saturated carbocycles. The summed E-state index contributed by atoms with van der Waals surface area (Å²) in [7, 11) is 1.62. The Kier molecular flexibility index (Phi) is 4.25. The fraction of sp³-hybridized carbons (Fsp3) is 0.650. The summed E-state index contributed by atoms with van der Waals surface area (Å²) in [5.74, 6) is 2.74. The molecule has 0 spiro atoms. The Labute approximate surface area is 144 Å². The average molecular weight is 328 g/mol. The van der Waals surface area contributed by atoms with E-state index in [1.165, 1.54) is 38.5 Å². The van der Waals surface area contributed by atoms with Crippen LogP contribution in [-0.4, -0.2) is 25.2 Å². The molecule has 0 aromatic heterocycles. The van der Waals surface area contributed by atoms with E-state index in [2.05, 4.69) is 16.7 Å². The lowest BCUT2D eigenvalue weighted by molar-refractivity contribution is -0.117. The molecular formula is C20H28N2O2. The fourth-order valence-corrected chi connectivity index (χ4v) is 5.66. The van der Waals surface area contributed by atoms with Crippen molar-refractivity contribution in [2.45, 2.75) is 50.5 Å². The van der Waals surface area contributed by atoms with Gasteiger partial charge >= 0.3 is 0 Å². The van der Waals surface area contributed by atoms with Crippen LogP contribution < -0.4 is 10.6 Å². The van der Waals surface area contributed by atoms with Crippen LogP contribution in [0.2, 0.25) is 0 Å². The average Bonchev–Trinajstić information content (AvgIpc) is 2.53. The number of hydrogen-bond donors (Lipinski definition) is 2. The van der Waals surface area contributed by atoms with Crippen molar-refractivity contribution in [1.29, 1.82) is 0 Å². The molecule has 0 aliphatic heterocycles. The molecule has 0 unspecified atom stereocenters. The Morgan fingerprint density at radius 3 is 2.25 bits per heavy atom. The number of methoxy groups -OCH3 is 1. The maximum atomic E-state index is 12.1. The van der Waals surface area contributed by atoms with Crippen molar-refractivity contribution in [3.05, 3.63) is 24.3 Å². The van der Waals surface area contributed by atoms with Gasteiger partial charge in [-0.3, -0.25) is 4.79 Å². The number of para-hydroxylation sites is 2. The molecule has 0 radical (unpaired) electrons. The van der Waals surface area contributed by atoms with Gasteiger partial charge in [-0.2, -0.15) is 0 Å². The zero-order chi connectivity index (χ0) is 16.6. The Bertz CT molecular complexity index is 578. The van der Waals surface area contributed by atoms with Crippen LogP contribution in [0.25, 0.3) is 0 Å². The quantitative estimate of drug-likeness (QED) is 0.828. The van der Waals surface area contributed by atoms with Crippen LogP contribution in [-0.2, 0) is 9.53 Å². The molecule has 4 nitrogen and oxygen atoms in total. The summed E-state index contributed by atoms with van der Waals surface area (Å²) >= 11 is 0. The van der Waals surface area contributed by atoms with E-state index in [1.54, 1.807) is 7.11 Å². The Morgan fingerprint density at radius 1 is 1.08 bits per heavy atom. The first kappa shape index (κ1) is 15.9. The maximum Gasteiger partial charge on any atom is 0.226 e. The van der Waals surface area contributed by atoms with E-state index >= 15 is 0 Å². The Balaban J connectivity index is 1.50. The van der Waals surface area contributed by atoms with Crippen molar-refractivity contribution in [3.8, 4) is 0 Å². The first-order chi connectivity index (χ1) is 11.7. The summed E-state index contributed by atoms with van der Waals surface area (Å²) in [5.41, 5.74) is 2.22. The van der Waals surface area contributed by atoms with Crippen LogP contribution >= 0.6 is 0 Å². The minimum atomic E-state index is 0.0108. The number of benzene rings is 1. The smallest absolute Gasteiger partial charge is 0.226 e. The summed E-state index contributed by atoms with van der Waals surface area (Å²) in [4.78, 5) is 12.1. The highest BCUT2D eigenvalue weighted by atomic mass is 16.5. The predicted molar refractivity (Wildman–Crippen MR) is 96.1 cm³/mol. The third-order valence-corrected chi connectivity index (χ3v) is 6.17. The van der Waals surface area contributed by atoms with Crippen LogP contribution in [0.3, 0.4) is 0 Å². The summed E-state index contributed by atoms with van der Waals surface area (Å²) in [5, 5.41) is 6.92. The molecule has 1 aromatic carbocycles. The van der Waals surface area contributed by atoms with Gasteiger partial charge in [-0.25, -0.2) is 0 Å². The van der Waals surface area contributed by atoms with Crippen molar-refractivity contribution >= 4 is 17.3 Å². The zero-order valence-corrected chi connectivity index (χ0v) is 14.5. The number of carbonyl (C=O) groups excluding carboxylic acids is 1. The van der Waals surface area contributed by atoms with Crippen LogP contribution in [0.1, 0.15) is 44.9 Å². The number of hydrogen-bond acceptors (Lipinski definition) is 3. The number of ether oxygens (including phenoxy) is 1. The molecule has 4 aliphatic rings. The summed E-state index contributed by atoms with van der Waals surface area (Å²) in [6, 6.07) is 8.13. The van der Waals surface area contributed by atoms with E-state index in [9.17, 15) is 4.79 Å². The molecule has 4 bridgehead atoms. The van der Waals surface area contributed by atoms with Crippen LogP contribution in [0, 0.1) is 17.8 Å². The maximum absolute atomic E-state index is 12.1. The van der Waals surface area contributed by atoms with E-state index in [4.69, 9.17) is 4.74 Å². The van der Waals surface area contributed by atoms with Gasteiger partial charge in [0.25, 0.3) is 0 Å². The number of carbonyl (C=O) groups is 1. The van der Waals surface area contributed by atoms with Gasteiger partial charge in [-0.15, -0.1) is 0 Å². The Hall–Kier alpha value is -1.55. The molecule has 1 amide bonds. The summed E-state index contributed by atoms with van der Waals surface area (Å²) in [6.07, 6.45) is 8.60. The molecule has 0 atom stereocenters. The van der Waals surface area contributed by atoms with E-state index in [0.717, 1.165) is 29.1 Å². The first-order valence-corrected chi connectivity index (χ1v) is 9.32. The van der Waals surface area contributed by atoms with Gasteiger partial charge in [0, 0.05) is 12.6 Å². The highest BCUT2D eigenvalue weighted by Crippen LogP contribution is 2.56. The first-order valence-electron chi connectivity index (χ1n) is 9.32. The molecular weight excluding hydrogens is 300 g/mol. The molecule has 0 heterocycles. The van der Waals surface area contributed by atoms with Gasteiger partial charge in [0.2, 0.25) is 5.91 Å². The normalized spacial score (nSPS) is 33.5. The van der Waals surface area contributed by atoms with Gasteiger partial charge < -0.3 is 15.4 Å². The minimum absolute atomic E-state index is 0.0108. The van der Waals surface area contributed by atoms with Gasteiger partial charge in [0.15, 0.2) is 0 Å². The number of nitrogens with one attached hydrogen (secondary N) is 2. The van der Waals surface area contributed by atoms with Gasteiger partial charge in [-0.1, -0.05) is 12.1 Å². The summed E-state index contributed by atoms with van der Waals surface area (Å²) in [6.45, 7) is 0.455. The molecule has 4 aliphatic carbocycles. The van der Waals surface area contributed by atoms with Crippen molar-refractivity contribution in [2.75, 3.05) is 24.4 Å². The van der Waals surface area contributed by atoms with Crippen molar-refractivity contribution in [2.24, 2.45) is 17.8 Å². The molecule has 130 valence electrons. The second-order valence-corrected chi connectivity index (χ2v) is 8.16. The van der Waals surface area contributed by atoms with Gasteiger partial charge in [-0.05, 0) is 68.4 Å². The van der Waals surface area contributed by atoms with Crippen molar-refractivity contribution in [1.82, 2.24) is 0 Å². The molecule has 0 saturated heterocycles. The molecule has 2 N–H and O–H groups in total. The molecule has 4 heteroatoms. The van der Waals surface area contributed by atoms with Crippen LogP contribution in [0.4, 0.5) is 11.4 Å². The fourth-order valence-electron chi connectivity index (χ4n) is 5.66. The van der Waals surface area contributed by atoms with E-state index in [1.807, 2.05) is 18.2 Å². The lowest BCUT2D eigenvalue weighted by Gasteiger charge is -2.57. The molecule has 24 heavy (non-hydrogen) atoms. The number of anilines is 2. The largest absolute Gasteiger partial charge is 0.384 e. The minimum Gasteiger partial charge on any atom is -0.384 e. The second kappa shape index (κ2) is 6.40. The lowest BCUT2D eigenvalue weighted by Crippen LogP contribution is -2.54. The van der Waals surface area contributed by atoms with Crippen LogP contribution in [0.5, 0.6) is 0 Å². The van der Waals surface area contributed by atoms with Crippen molar-refractivity contribution < 1.29 is 9.53 Å². The van der Waals surface area contributed by atoms with E-state index in [-0.39, 0.29) is 11.4 Å². The highest BCUT2D eigenvalue weighted by molar-refractivity contribution is 5.94. The standard InChI is InChI=1S/C20H28N2O2/c1-24-7-6-19(23)21-17-4-2-3-5-18(17)22-20-11-14-8-15(12-20)10-16(9-14)13-20/h2-5,14-16,22H,6-13H2,1H3,(H,21,23). The lowest BCUT2D eigenvalue weighted by atomic mass is 9.53. The highest BCUT2D eigenvalue weighted by Gasteiger charge is 2.51. The third kappa shape index (κ3) is 3.16. The van der Waals surface area contributed by atoms with Crippen molar-refractivity contribution in [3.63, 3.8) is 0 Å². The van der Waals surface area contributed by atoms with Crippen LogP contribution in [0.15, 0.2) is 24.3 Å². The predicted octanol–water partition coefficient (Wildman–Crippen LogP) is 4.04. The number of amides is 1. The third-order valence-electron chi connectivity index (χ3n) is 6.17. The SMILES string of the molecule is COCCC(=O)Nc1ccccc1NC12CC3CC(CC(C3)C1)C2. The zero-order valence-electron chi connectivity index (χ0n) is 14.5. The van der Waals surface area contributed by atoms with Gasteiger partial charge in [0.1, 0.15) is 0 Å². The van der Waals surface area contributed by atoms with E-state index < -0.39 is 0 Å². The van der Waals surface area contributed by atoms with E-state index in [0.29, 0.717) is 13.0 Å². The molecule has 1 aromatic rings. The summed E-state index contributed by atoms with van der Waals surface area (Å²) < 4.78 is 4.99. The topological polar surface area (TPSA) is 50.4 Å². The molecule has 5 rings (SSSR count). The molecule has 4 fully saturated rings.